The number of nitrogens with one attached hydrogen (secondary N) is 1. The molecule has 1 saturated carbocycles. The number of rotatable bonds is 4. The Hall–Kier alpha value is -3.75. The van der Waals surface area contributed by atoms with Crippen LogP contribution in [0.25, 0.3) is 5.82 Å². The summed E-state index contributed by atoms with van der Waals surface area (Å²) in [5, 5.41) is 3.55. The maximum atomic E-state index is 13.1. The van der Waals surface area contributed by atoms with Crippen LogP contribution in [0.2, 0.25) is 0 Å². The molecule has 0 radical (unpaired) electrons. The fourth-order valence-electron chi connectivity index (χ4n) is 3.94. The van der Waals surface area contributed by atoms with E-state index in [2.05, 4.69) is 10.3 Å². The molecule has 6 nitrogen and oxygen atoms in total. The van der Waals surface area contributed by atoms with E-state index in [-0.39, 0.29) is 5.91 Å². The van der Waals surface area contributed by atoms with Gasteiger partial charge in [-0.3, -0.25) is 4.79 Å². The molecule has 5 rings (SSSR count). The fraction of sp³-hybridized carbons (Fsp3) is 0.217. The third kappa shape index (κ3) is 3.39. The summed E-state index contributed by atoms with van der Waals surface area (Å²) in [4.78, 5) is 19.1. The molecule has 0 spiro atoms. The summed E-state index contributed by atoms with van der Waals surface area (Å²) < 4.78 is 44.5. The summed E-state index contributed by atoms with van der Waals surface area (Å²) >= 11 is 0. The molecule has 3 aromatic rings. The molecule has 1 aromatic heterocycles. The SMILES string of the molecule is NC1=c2ccoc2=NCN1c1ccc(NC(=O)C2(c3cccc(C(F)(F)F)c3)CC2)cc1. The first-order chi connectivity index (χ1) is 15.3. The molecule has 164 valence electrons. The minimum atomic E-state index is -4.45. The lowest BCUT2D eigenvalue weighted by molar-refractivity contribution is -0.137. The first kappa shape index (κ1) is 20.2. The van der Waals surface area contributed by atoms with Crippen molar-refractivity contribution in [2.45, 2.75) is 24.4 Å². The molecule has 2 aromatic carbocycles. The van der Waals surface area contributed by atoms with Gasteiger partial charge in [0.2, 0.25) is 11.5 Å². The average Bonchev–Trinajstić information content (AvgIpc) is 3.45. The van der Waals surface area contributed by atoms with Crippen LogP contribution < -0.4 is 26.7 Å². The van der Waals surface area contributed by atoms with Gasteiger partial charge in [0.05, 0.1) is 22.5 Å². The van der Waals surface area contributed by atoms with E-state index in [0.29, 0.717) is 47.4 Å². The van der Waals surface area contributed by atoms with E-state index < -0.39 is 17.2 Å². The van der Waals surface area contributed by atoms with Gasteiger partial charge >= 0.3 is 6.18 Å². The highest BCUT2D eigenvalue weighted by molar-refractivity contribution is 6.01. The summed E-state index contributed by atoms with van der Waals surface area (Å²) in [6.45, 7) is 0.302. The lowest BCUT2D eigenvalue weighted by Crippen LogP contribution is -2.42. The highest BCUT2D eigenvalue weighted by Gasteiger charge is 2.51. The fourth-order valence-corrected chi connectivity index (χ4v) is 3.94. The van der Waals surface area contributed by atoms with Crippen molar-refractivity contribution in [1.29, 1.82) is 0 Å². The predicted octanol–water partition coefficient (Wildman–Crippen LogP) is 3.09. The molecule has 0 saturated heterocycles. The minimum absolute atomic E-state index is 0.302. The molecule has 1 fully saturated rings. The second kappa shape index (κ2) is 7.15. The topological polar surface area (TPSA) is 83.9 Å². The number of halogens is 3. The van der Waals surface area contributed by atoms with Gasteiger partial charge in [-0.15, -0.1) is 0 Å². The number of nitrogens with zero attached hydrogens (tertiary/aromatic N) is 2. The van der Waals surface area contributed by atoms with Crippen molar-refractivity contribution in [2.24, 2.45) is 10.7 Å². The van der Waals surface area contributed by atoms with Crippen LogP contribution >= 0.6 is 0 Å². The van der Waals surface area contributed by atoms with Gasteiger partial charge in [-0.25, -0.2) is 4.99 Å². The summed E-state index contributed by atoms with van der Waals surface area (Å²) in [5.74, 6) is 0.202. The Kier molecular flexibility index (Phi) is 4.51. The van der Waals surface area contributed by atoms with Gasteiger partial charge < -0.3 is 20.4 Å². The van der Waals surface area contributed by atoms with Crippen LogP contribution in [0.3, 0.4) is 0 Å². The molecule has 32 heavy (non-hydrogen) atoms. The molecule has 1 amide bonds. The maximum absolute atomic E-state index is 13.1. The molecular formula is C23H19F3N4O2. The van der Waals surface area contributed by atoms with Gasteiger partial charge in [0.25, 0.3) is 0 Å². The van der Waals surface area contributed by atoms with E-state index in [4.69, 9.17) is 10.2 Å². The number of benzene rings is 2. The quantitative estimate of drug-likeness (QED) is 0.653. The Bertz CT molecular complexity index is 1310. The molecule has 1 aliphatic heterocycles. The Balaban J connectivity index is 1.34. The van der Waals surface area contributed by atoms with Gasteiger partial charge in [0.15, 0.2) is 0 Å². The molecule has 0 unspecified atom stereocenters. The zero-order valence-corrected chi connectivity index (χ0v) is 16.8. The largest absolute Gasteiger partial charge is 0.446 e. The number of anilines is 2. The lowest BCUT2D eigenvalue weighted by atomic mass is 9.93. The van der Waals surface area contributed by atoms with Crippen LogP contribution in [0, 0.1) is 0 Å². The number of nitrogens with two attached hydrogens (primary N) is 1. The number of hydrogen-bond acceptors (Lipinski definition) is 5. The lowest BCUT2D eigenvalue weighted by Gasteiger charge is -2.24. The van der Waals surface area contributed by atoms with Crippen molar-refractivity contribution in [3.8, 4) is 0 Å². The van der Waals surface area contributed by atoms with Crippen molar-refractivity contribution in [1.82, 2.24) is 0 Å². The maximum Gasteiger partial charge on any atom is 0.416 e. The molecule has 0 bridgehead atoms. The first-order valence-electron chi connectivity index (χ1n) is 10.0. The van der Waals surface area contributed by atoms with Gasteiger partial charge in [0, 0.05) is 11.4 Å². The first-order valence-corrected chi connectivity index (χ1v) is 10.0. The van der Waals surface area contributed by atoms with E-state index in [9.17, 15) is 18.0 Å². The second-order valence-electron chi connectivity index (χ2n) is 7.91. The summed E-state index contributed by atoms with van der Waals surface area (Å²) in [6.07, 6.45) is -1.91. The van der Waals surface area contributed by atoms with Gasteiger partial charge in [-0.05, 0) is 54.8 Å². The zero-order valence-electron chi connectivity index (χ0n) is 16.8. The van der Waals surface area contributed by atoms with Crippen molar-refractivity contribution in [3.05, 3.63) is 82.8 Å². The molecule has 1 aliphatic carbocycles. The average molecular weight is 440 g/mol. The second-order valence-corrected chi connectivity index (χ2v) is 7.91. The number of alkyl halides is 3. The number of carbonyl (C=O) groups excluding carboxylic acids is 1. The molecule has 2 aliphatic rings. The van der Waals surface area contributed by atoms with Crippen LogP contribution in [0.4, 0.5) is 24.5 Å². The van der Waals surface area contributed by atoms with Crippen molar-refractivity contribution >= 4 is 23.1 Å². The van der Waals surface area contributed by atoms with Crippen molar-refractivity contribution in [3.63, 3.8) is 0 Å². The van der Waals surface area contributed by atoms with Gasteiger partial charge in [-0.2, -0.15) is 13.2 Å². The number of carbonyl (C=O) groups is 1. The monoisotopic (exact) mass is 440 g/mol. The number of fused-ring (bicyclic) bond motifs is 1. The molecule has 0 atom stereocenters. The standard InChI is InChI=1S/C23H19F3N4O2/c24-23(25,26)15-3-1-2-14(12-15)22(9-10-22)21(31)29-16-4-6-17(7-5-16)30-13-28-20-18(19(30)27)8-11-32-20/h1-8,11-12H,9-10,13,27H2,(H,29,31). The van der Waals surface area contributed by atoms with Crippen molar-refractivity contribution in [2.75, 3.05) is 16.9 Å². The molecular weight excluding hydrogens is 421 g/mol. The Labute approximate surface area is 180 Å². The van der Waals surface area contributed by atoms with Crippen LogP contribution in [0.1, 0.15) is 24.0 Å². The van der Waals surface area contributed by atoms with E-state index >= 15 is 0 Å². The minimum Gasteiger partial charge on any atom is -0.446 e. The zero-order chi connectivity index (χ0) is 22.5. The van der Waals surface area contributed by atoms with Gasteiger partial charge in [0.1, 0.15) is 12.5 Å². The normalized spacial score (nSPS) is 16.8. The predicted molar refractivity (Wildman–Crippen MR) is 112 cm³/mol. The Morgan fingerprint density at radius 1 is 1.12 bits per heavy atom. The van der Waals surface area contributed by atoms with Crippen LogP contribution in [0.5, 0.6) is 0 Å². The van der Waals surface area contributed by atoms with E-state index in [1.54, 1.807) is 36.4 Å². The van der Waals surface area contributed by atoms with E-state index in [1.807, 2.05) is 4.90 Å². The number of amides is 1. The summed E-state index contributed by atoms with van der Waals surface area (Å²) in [6, 6.07) is 13.8. The van der Waals surface area contributed by atoms with Crippen molar-refractivity contribution < 1.29 is 22.4 Å². The molecule has 2 heterocycles. The molecule has 9 heteroatoms. The van der Waals surface area contributed by atoms with Crippen LogP contribution in [-0.4, -0.2) is 12.6 Å². The van der Waals surface area contributed by atoms with E-state index in [0.717, 1.165) is 17.8 Å². The Morgan fingerprint density at radius 2 is 1.88 bits per heavy atom. The highest BCUT2D eigenvalue weighted by atomic mass is 19.4. The number of hydrogen-bond donors (Lipinski definition) is 2. The van der Waals surface area contributed by atoms with E-state index in [1.165, 1.54) is 12.3 Å². The van der Waals surface area contributed by atoms with Crippen LogP contribution in [0.15, 0.2) is 70.3 Å². The molecule has 3 N–H and O–H groups in total. The Morgan fingerprint density at radius 3 is 2.56 bits per heavy atom. The third-order valence-electron chi connectivity index (χ3n) is 5.93. The van der Waals surface area contributed by atoms with Gasteiger partial charge in [-0.1, -0.05) is 18.2 Å². The smallest absolute Gasteiger partial charge is 0.416 e. The number of furan rings is 1. The van der Waals surface area contributed by atoms with Crippen LogP contribution in [-0.2, 0) is 16.4 Å². The summed E-state index contributed by atoms with van der Waals surface area (Å²) in [5.41, 5.74) is 6.77. The summed E-state index contributed by atoms with van der Waals surface area (Å²) in [7, 11) is 0. The highest BCUT2D eigenvalue weighted by Crippen LogP contribution is 2.50. The third-order valence-corrected chi connectivity index (χ3v) is 5.93.